The van der Waals surface area contributed by atoms with Crippen LogP contribution in [0.15, 0.2) is 18.2 Å². The molecule has 1 aliphatic rings. The number of nitriles is 1. The second-order valence-corrected chi connectivity index (χ2v) is 5.82. The maximum absolute atomic E-state index is 9.40. The highest BCUT2D eigenvalue weighted by Crippen LogP contribution is 2.47. The Labute approximate surface area is 112 Å². The van der Waals surface area contributed by atoms with Crippen LogP contribution in [0.4, 0.5) is 0 Å². The Bertz CT molecular complexity index is 464. The number of nitrogens with zero attached hydrogens (tertiary/aromatic N) is 1. The number of hydrogen-bond acceptors (Lipinski definition) is 1. The van der Waals surface area contributed by atoms with Crippen LogP contribution in [-0.4, -0.2) is 0 Å². The maximum atomic E-state index is 9.40. The molecule has 1 fully saturated rings. The SMILES string of the molecule is C[C@@]1(C#N)CCCCC1c1ccc(Cl)c(Cl)c1. The van der Waals surface area contributed by atoms with Crippen molar-refractivity contribution in [1.82, 2.24) is 0 Å². The zero-order valence-corrected chi connectivity index (χ0v) is 11.4. The van der Waals surface area contributed by atoms with Gasteiger partial charge in [-0.05, 0) is 37.5 Å². The minimum Gasteiger partial charge on any atom is -0.198 e. The molecule has 0 aromatic heterocycles. The molecule has 17 heavy (non-hydrogen) atoms. The van der Waals surface area contributed by atoms with E-state index in [1.165, 1.54) is 6.42 Å². The van der Waals surface area contributed by atoms with Gasteiger partial charge in [-0.25, -0.2) is 0 Å². The molecule has 1 unspecified atom stereocenters. The monoisotopic (exact) mass is 267 g/mol. The van der Waals surface area contributed by atoms with Crippen molar-refractivity contribution in [1.29, 1.82) is 5.26 Å². The number of rotatable bonds is 1. The van der Waals surface area contributed by atoms with Crippen molar-refractivity contribution in [2.24, 2.45) is 5.41 Å². The van der Waals surface area contributed by atoms with Gasteiger partial charge in [0.1, 0.15) is 0 Å². The number of hydrogen-bond donors (Lipinski definition) is 0. The van der Waals surface area contributed by atoms with Crippen LogP contribution in [0.3, 0.4) is 0 Å². The molecule has 1 aromatic carbocycles. The lowest BCUT2D eigenvalue weighted by molar-refractivity contribution is 0.247. The predicted molar refractivity (Wildman–Crippen MR) is 71.4 cm³/mol. The smallest absolute Gasteiger partial charge is 0.0693 e. The molecule has 1 nitrogen and oxygen atoms in total. The molecule has 0 heterocycles. The van der Waals surface area contributed by atoms with E-state index in [1.54, 1.807) is 0 Å². The van der Waals surface area contributed by atoms with Crippen molar-refractivity contribution >= 4 is 23.2 Å². The van der Waals surface area contributed by atoms with E-state index in [2.05, 4.69) is 13.0 Å². The third kappa shape index (κ3) is 2.44. The van der Waals surface area contributed by atoms with Gasteiger partial charge in [0.25, 0.3) is 0 Å². The second kappa shape index (κ2) is 4.88. The van der Waals surface area contributed by atoms with Crippen molar-refractivity contribution in [3.8, 4) is 6.07 Å². The topological polar surface area (TPSA) is 23.8 Å². The summed E-state index contributed by atoms with van der Waals surface area (Å²) in [5.74, 6) is 0.274. The first kappa shape index (κ1) is 12.7. The molecule has 0 aliphatic heterocycles. The molecule has 2 atom stereocenters. The molecule has 3 heteroatoms. The molecule has 1 saturated carbocycles. The predicted octanol–water partition coefficient (Wildman–Crippen LogP) is 5.18. The lowest BCUT2D eigenvalue weighted by Crippen LogP contribution is -2.27. The number of halogens is 2. The van der Waals surface area contributed by atoms with Crippen molar-refractivity contribution in [2.45, 2.75) is 38.5 Å². The van der Waals surface area contributed by atoms with Crippen LogP contribution in [0.25, 0.3) is 0 Å². The average molecular weight is 268 g/mol. The Balaban J connectivity index is 2.37. The van der Waals surface area contributed by atoms with Crippen molar-refractivity contribution in [2.75, 3.05) is 0 Å². The summed E-state index contributed by atoms with van der Waals surface area (Å²) < 4.78 is 0. The van der Waals surface area contributed by atoms with Gasteiger partial charge in [0.15, 0.2) is 0 Å². The molecular formula is C14H15Cl2N. The second-order valence-electron chi connectivity index (χ2n) is 5.00. The van der Waals surface area contributed by atoms with Crippen LogP contribution in [-0.2, 0) is 0 Å². The highest BCUT2D eigenvalue weighted by Gasteiger charge is 2.37. The Morgan fingerprint density at radius 1 is 1.29 bits per heavy atom. The van der Waals surface area contributed by atoms with E-state index in [0.29, 0.717) is 10.0 Å². The highest BCUT2D eigenvalue weighted by atomic mass is 35.5. The molecule has 1 aromatic rings. The maximum Gasteiger partial charge on any atom is 0.0693 e. The molecule has 0 radical (unpaired) electrons. The Kier molecular flexibility index (Phi) is 3.66. The Hall–Kier alpha value is -0.710. The van der Waals surface area contributed by atoms with E-state index in [-0.39, 0.29) is 11.3 Å². The number of benzene rings is 1. The van der Waals surface area contributed by atoms with Gasteiger partial charge in [-0.3, -0.25) is 0 Å². The van der Waals surface area contributed by atoms with Gasteiger partial charge < -0.3 is 0 Å². The van der Waals surface area contributed by atoms with Gasteiger partial charge in [-0.2, -0.15) is 5.26 Å². The lowest BCUT2D eigenvalue weighted by Gasteiger charge is -2.36. The molecule has 0 bridgehead atoms. The first-order valence-corrected chi connectivity index (χ1v) is 6.68. The third-order valence-electron chi connectivity index (χ3n) is 3.81. The summed E-state index contributed by atoms with van der Waals surface area (Å²) in [5, 5.41) is 10.5. The first-order valence-electron chi connectivity index (χ1n) is 5.93. The van der Waals surface area contributed by atoms with Crippen LogP contribution >= 0.6 is 23.2 Å². The van der Waals surface area contributed by atoms with Crippen molar-refractivity contribution in [3.63, 3.8) is 0 Å². The van der Waals surface area contributed by atoms with Crippen molar-refractivity contribution < 1.29 is 0 Å². The van der Waals surface area contributed by atoms with Gasteiger partial charge in [0.2, 0.25) is 0 Å². The molecule has 0 amide bonds. The lowest BCUT2D eigenvalue weighted by atomic mass is 9.66. The summed E-state index contributed by atoms with van der Waals surface area (Å²) in [7, 11) is 0. The van der Waals surface area contributed by atoms with Gasteiger partial charge in [-0.15, -0.1) is 0 Å². The minimum atomic E-state index is -0.268. The van der Waals surface area contributed by atoms with E-state index >= 15 is 0 Å². The van der Waals surface area contributed by atoms with Crippen LogP contribution in [0, 0.1) is 16.7 Å². The van der Waals surface area contributed by atoms with Crippen LogP contribution in [0.1, 0.15) is 44.1 Å². The molecule has 0 spiro atoms. The standard InChI is InChI=1S/C14H15Cl2N/c1-14(9-17)7-3-2-4-11(14)10-5-6-12(15)13(16)8-10/h5-6,8,11H,2-4,7H2,1H3/t11?,14-/m0/s1. The summed E-state index contributed by atoms with van der Waals surface area (Å²) in [6.07, 6.45) is 4.35. The highest BCUT2D eigenvalue weighted by molar-refractivity contribution is 6.42. The average Bonchev–Trinajstić information content (AvgIpc) is 2.33. The van der Waals surface area contributed by atoms with Crippen LogP contribution in [0.2, 0.25) is 10.0 Å². The fourth-order valence-electron chi connectivity index (χ4n) is 2.73. The van der Waals surface area contributed by atoms with Crippen LogP contribution in [0.5, 0.6) is 0 Å². The van der Waals surface area contributed by atoms with Gasteiger partial charge >= 0.3 is 0 Å². The van der Waals surface area contributed by atoms with Gasteiger partial charge in [0.05, 0.1) is 21.5 Å². The fourth-order valence-corrected chi connectivity index (χ4v) is 3.04. The zero-order chi connectivity index (χ0) is 12.5. The molecule has 1 aliphatic carbocycles. The molecule has 90 valence electrons. The molecular weight excluding hydrogens is 253 g/mol. The normalized spacial score (nSPS) is 28.7. The fraction of sp³-hybridized carbons (Fsp3) is 0.500. The summed E-state index contributed by atoms with van der Waals surface area (Å²) in [6, 6.07) is 8.22. The largest absolute Gasteiger partial charge is 0.198 e. The quantitative estimate of drug-likeness (QED) is 0.688. The van der Waals surface area contributed by atoms with E-state index < -0.39 is 0 Å². The van der Waals surface area contributed by atoms with Crippen molar-refractivity contribution in [3.05, 3.63) is 33.8 Å². The van der Waals surface area contributed by atoms with E-state index in [1.807, 2.05) is 18.2 Å². The van der Waals surface area contributed by atoms with E-state index in [4.69, 9.17) is 23.2 Å². The summed E-state index contributed by atoms with van der Waals surface area (Å²) in [6.45, 7) is 2.05. The zero-order valence-electron chi connectivity index (χ0n) is 9.84. The minimum absolute atomic E-state index is 0.268. The van der Waals surface area contributed by atoms with E-state index in [0.717, 1.165) is 24.8 Å². The van der Waals surface area contributed by atoms with Gasteiger partial charge in [-0.1, -0.05) is 42.1 Å². The summed E-state index contributed by atoms with van der Waals surface area (Å²) >= 11 is 12.0. The third-order valence-corrected chi connectivity index (χ3v) is 4.55. The Morgan fingerprint density at radius 2 is 2.06 bits per heavy atom. The summed E-state index contributed by atoms with van der Waals surface area (Å²) in [5.41, 5.74) is 0.873. The van der Waals surface area contributed by atoms with Crippen LogP contribution < -0.4 is 0 Å². The van der Waals surface area contributed by atoms with Gasteiger partial charge in [0, 0.05) is 5.92 Å². The summed E-state index contributed by atoms with van der Waals surface area (Å²) in [4.78, 5) is 0. The molecule has 0 N–H and O–H groups in total. The molecule has 0 saturated heterocycles. The first-order chi connectivity index (χ1) is 8.07. The molecule has 2 rings (SSSR count). The Morgan fingerprint density at radius 3 is 2.71 bits per heavy atom. The van der Waals surface area contributed by atoms with E-state index in [9.17, 15) is 5.26 Å².